The van der Waals surface area contributed by atoms with Gasteiger partial charge in [0.15, 0.2) is 0 Å². The minimum Gasteiger partial charge on any atom is -0.388 e. The Labute approximate surface area is 120 Å². The Hall–Kier alpha value is -1.42. The molecule has 1 N–H and O–H groups in total. The van der Waals surface area contributed by atoms with Gasteiger partial charge in [-0.15, -0.1) is 11.3 Å². The first kappa shape index (κ1) is 12.6. The second kappa shape index (κ2) is 5.29. The molecule has 0 radical (unpaired) electrons. The molecule has 2 heterocycles. The zero-order valence-corrected chi connectivity index (χ0v) is 11.7. The number of halogens is 1. The third-order valence-electron chi connectivity index (χ3n) is 3.04. The van der Waals surface area contributed by atoms with E-state index in [1.165, 1.54) is 11.3 Å². The summed E-state index contributed by atoms with van der Waals surface area (Å²) >= 11 is 7.40. The van der Waals surface area contributed by atoms with E-state index in [-0.39, 0.29) is 0 Å². The van der Waals surface area contributed by atoms with Gasteiger partial charge in [-0.3, -0.25) is 4.98 Å². The summed E-state index contributed by atoms with van der Waals surface area (Å²) in [5.74, 6) is 0. The minimum atomic E-state index is -0.515. The first-order chi connectivity index (χ1) is 9.22. The molecule has 0 aliphatic heterocycles. The van der Waals surface area contributed by atoms with Gasteiger partial charge >= 0.3 is 0 Å². The Bertz CT molecular complexity index is 710. The first-order valence-electron chi connectivity index (χ1n) is 5.99. The fraction of sp³-hybridized carbons (Fsp3) is 0.133. The normalized spacial score (nSPS) is 12.7. The lowest BCUT2D eigenvalue weighted by Gasteiger charge is -2.10. The topological polar surface area (TPSA) is 33.1 Å². The molecule has 0 aliphatic rings. The number of nitrogens with zero attached hydrogens (tertiary/aromatic N) is 1. The van der Waals surface area contributed by atoms with Crippen molar-refractivity contribution >= 4 is 33.8 Å². The molecular formula is C15H12ClNOS. The maximum atomic E-state index is 10.3. The largest absolute Gasteiger partial charge is 0.388 e. The summed E-state index contributed by atoms with van der Waals surface area (Å²) < 4.78 is 0.755. The van der Waals surface area contributed by atoms with E-state index in [1.807, 2.05) is 42.5 Å². The van der Waals surface area contributed by atoms with E-state index in [9.17, 15) is 5.11 Å². The molecule has 2 aromatic heterocycles. The third-order valence-corrected chi connectivity index (χ3v) is 4.29. The lowest BCUT2D eigenvalue weighted by molar-refractivity contribution is 0.179. The average molecular weight is 290 g/mol. The van der Waals surface area contributed by atoms with E-state index >= 15 is 0 Å². The van der Waals surface area contributed by atoms with Crippen LogP contribution >= 0.6 is 22.9 Å². The summed E-state index contributed by atoms with van der Waals surface area (Å²) in [6.45, 7) is 0. The minimum absolute atomic E-state index is 0.515. The Morgan fingerprint density at radius 3 is 2.89 bits per heavy atom. The molecule has 1 unspecified atom stereocenters. The van der Waals surface area contributed by atoms with Crippen LogP contribution in [0.1, 0.15) is 16.5 Å². The molecule has 1 aromatic carbocycles. The molecule has 0 saturated carbocycles. The number of rotatable bonds is 3. The van der Waals surface area contributed by atoms with Gasteiger partial charge in [0.1, 0.15) is 0 Å². The SMILES string of the molecule is OC(Cc1ccc(Cl)s1)c1ccc2ncccc2c1. The zero-order chi connectivity index (χ0) is 13.2. The number of hydrogen-bond donors (Lipinski definition) is 1. The summed E-state index contributed by atoms with van der Waals surface area (Å²) in [5.41, 5.74) is 1.85. The quantitative estimate of drug-likeness (QED) is 0.783. The molecule has 0 fully saturated rings. The second-order valence-electron chi connectivity index (χ2n) is 4.38. The van der Waals surface area contributed by atoms with Crippen molar-refractivity contribution in [3.05, 3.63) is 63.4 Å². The highest BCUT2D eigenvalue weighted by molar-refractivity contribution is 7.16. The van der Waals surface area contributed by atoms with Crippen molar-refractivity contribution in [1.82, 2.24) is 4.98 Å². The fourth-order valence-electron chi connectivity index (χ4n) is 2.07. The van der Waals surface area contributed by atoms with Gasteiger partial charge in [0.2, 0.25) is 0 Å². The van der Waals surface area contributed by atoms with Crippen LogP contribution in [-0.2, 0) is 6.42 Å². The highest BCUT2D eigenvalue weighted by atomic mass is 35.5. The fourth-order valence-corrected chi connectivity index (χ4v) is 3.20. The van der Waals surface area contributed by atoms with Crippen molar-refractivity contribution < 1.29 is 5.11 Å². The molecule has 19 heavy (non-hydrogen) atoms. The number of thiophene rings is 1. The van der Waals surface area contributed by atoms with E-state index in [4.69, 9.17) is 11.6 Å². The van der Waals surface area contributed by atoms with Gasteiger partial charge in [0.05, 0.1) is 16.0 Å². The second-order valence-corrected chi connectivity index (χ2v) is 6.18. The van der Waals surface area contributed by atoms with Crippen molar-refractivity contribution in [2.75, 3.05) is 0 Å². The maximum absolute atomic E-state index is 10.3. The van der Waals surface area contributed by atoms with Crippen LogP contribution in [0, 0.1) is 0 Å². The molecule has 4 heteroatoms. The zero-order valence-electron chi connectivity index (χ0n) is 10.1. The number of hydrogen-bond acceptors (Lipinski definition) is 3. The van der Waals surface area contributed by atoms with Crippen LogP contribution in [0.25, 0.3) is 10.9 Å². The van der Waals surface area contributed by atoms with Gasteiger partial charge in [0.25, 0.3) is 0 Å². The van der Waals surface area contributed by atoms with Crippen molar-refractivity contribution in [2.45, 2.75) is 12.5 Å². The summed E-state index contributed by atoms with van der Waals surface area (Å²) in [4.78, 5) is 5.36. The number of aliphatic hydroxyl groups excluding tert-OH is 1. The highest BCUT2D eigenvalue weighted by Crippen LogP contribution is 2.27. The van der Waals surface area contributed by atoms with Gasteiger partial charge < -0.3 is 5.11 Å². The van der Waals surface area contributed by atoms with Crippen LogP contribution in [0.5, 0.6) is 0 Å². The van der Waals surface area contributed by atoms with Crippen molar-refractivity contribution in [2.24, 2.45) is 0 Å². The molecule has 3 rings (SSSR count). The molecule has 1 atom stereocenters. The summed E-state index contributed by atoms with van der Waals surface area (Å²) in [5, 5.41) is 11.3. The Balaban J connectivity index is 1.86. The molecule has 0 aliphatic carbocycles. The van der Waals surface area contributed by atoms with Crippen LogP contribution in [-0.4, -0.2) is 10.1 Å². The predicted octanol–water partition coefficient (Wildman–Crippen LogP) is 4.23. The number of aliphatic hydroxyl groups is 1. The van der Waals surface area contributed by atoms with E-state index in [0.29, 0.717) is 6.42 Å². The number of aromatic nitrogens is 1. The van der Waals surface area contributed by atoms with E-state index in [2.05, 4.69) is 4.98 Å². The number of benzene rings is 1. The molecule has 96 valence electrons. The van der Waals surface area contributed by atoms with Gasteiger partial charge in [-0.25, -0.2) is 0 Å². The lowest BCUT2D eigenvalue weighted by Crippen LogP contribution is -2.00. The Morgan fingerprint density at radius 1 is 1.21 bits per heavy atom. The van der Waals surface area contributed by atoms with Crippen molar-refractivity contribution in [3.63, 3.8) is 0 Å². The van der Waals surface area contributed by atoms with Crippen molar-refractivity contribution in [3.8, 4) is 0 Å². The molecule has 0 saturated heterocycles. The summed E-state index contributed by atoms with van der Waals surface area (Å²) in [6, 6.07) is 13.6. The van der Waals surface area contributed by atoms with Gasteiger partial charge in [-0.05, 0) is 35.9 Å². The summed E-state index contributed by atoms with van der Waals surface area (Å²) in [7, 11) is 0. The lowest BCUT2D eigenvalue weighted by atomic mass is 10.0. The first-order valence-corrected chi connectivity index (χ1v) is 7.19. The van der Waals surface area contributed by atoms with Crippen LogP contribution < -0.4 is 0 Å². The molecule has 3 aromatic rings. The molecule has 0 spiro atoms. The molecular weight excluding hydrogens is 278 g/mol. The van der Waals surface area contributed by atoms with Crippen LogP contribution in [0.3, 0.4) is 0 Å². The van der Waals surface area contributed by atoms with E-state index < -0.39 is 6.10 Å². The highest BCUT2D eigenvalue weighted by Gasteiger charge is 2.11. The van der Waals surface area contributed by atoms with Crippen LogP contribution in [0.2, 0.25) is 4.34 Å². The van der Waals surface area contributed by atoms with Gasteiger partial charge in [0, 0.05) is 22.9 Å². The molecule has 0 bridgehead atoms. The van der Waals surface area contributed by atoms with Crippen LogP contribution in [0.4, 0.5) is 0 Å². The number of fused-ring (bicyclic) bond motifs is 1. The standard InChI is InChI=1S/C15H12ClNOS/c16-15-6-4-12(19-15)9-14(18)11-3-5-13-10(8-11)2-1-7-17-13/h1-8,14,18H,9H2. The third kappa shape index (κ3) is 2.78. The smallest absolute Gasteiger partial charge is 0.0931 e. The van der Waals surface area contributed by atoms with E-state index in [0.717, 1.165) is 25.7 Å². The Morgan fingerprint density at radius 2 is 2.11 bits per heavy atom. The summed E-state index contributed by atoms with van der Waals surface area (Å²) in [6.07, 6.45) is 1.84. The predicted molar refractivity (Wildman–Crippen MR) is 79.7 cm³/mol. The Kier molecular flexibility index (Phi) is 3.51. The molecule has 0 amide bonds. The van der Waals surface area contributed by atoms with Crippen LogP contribution in [0.15, 0.2) is 48.7 Å². The monoisotopic (exact) mass is 289 g/mol. The maximum Gasteiger partial charge on any atom is 0.0931 e. The van der Waals surface area contributed by atoms with Crippen molar-refractivity contribution in [1.29, 1.82) is 0 Å². The van der Waals surface area contributed by atoms with E-state index in [1.54, 1.807) is 6.20 Å². The molecule has 2 nitrogen and oxygen atoms in total. The van der Waals surface area contributed by atoms with Gasteiger partial charge in [-0.1, -0.05) is 23.7 Å². The number of pyridine rings is 1. The average Bonchev–Trinajstić information content (AvgIpc) is 2.83. The van der Waals surface area contributed by atoms with Gasteiger partial charge in [-0.2, -0.15) is 0 Å².